The fourth-order valence-corrected chi connectivity index (χ4v) is 2.60. The molecule has 1 saturated heterocycles. The second-order valence-electron chi connectivity index (χ2n) is 4.84. The van der Waals surface area contributed by atoms with E-state index in [-0.39, 0.29) is 0 Å². The van der Waals surface area contributed by atoms with E-state index in [1.165, 1.54) is 19.3 Å². The van der Waals surface area contributed by atoms with Crippen molar-refractivity contribution in [2.24, 2.45) is 0 Å². The molecule has 19 heavy (non-hydrogen) atoms. The molecule has 0 unspecified atom stereocenters. The van der Waals surface area contributed by atoms with Crippen LogP contribution in [-0.4, -0.2) is 28.2 Å². The van der Waals surface area contributed by atoms with Gasteiger partial charge in [0.15, 0.2) is 0 Å². The number of rotatable bonds is 3. The van der Waals surface area contributed by atoms with Crippen molar-refractivity contribution in [1.82, 2.24) is 15.1 Å². The summed E-state index contributed by atoms with van der Waals surface area (Å²) in [5.41, 5.74) is 0.959. The van der Waals surface area contributed by atoms with Crippen molar-refractivity contribution in [3.05, 3.63) is 34.6 Å². The van der Waals surface area contributed by atoms with E-state index in [4.69, 9.17) is 4.42 Å². The van der Waals surface area contributed by atoms with Gasteiger partial charge in [0.1, 0.15) is 0 Å². The van der Waals surface area contributed by atoms with Crippen molar-refractivity contribution in [3.8, 4) is 11.5 Å². The van der Waals surface area contributed by atoms with Gasteiger partial charge in [-0.1, -0.05) is 22.4 Å². The summed E-state index contributed by atoms with van der Waals surface area (Å²) in [4.78, 5) is 2.38. The normalized spacial score (nSPS) is 16.7. The molecule has 100 valence electrons. The van der Waals surface area contributed by atoms with Gasteiger partial charge in [-0.15, -0.1) is 10.2 Å². The molecule has 4 nitrogen and oxygen atoms in total. The minimum absolute atomic E-state index is 0.597. The Labute approximate surface area is 121 Å². The van der Waals surface area contributed by atoms with Crippen LogP contribution < -0.4 is 0 Å². The van der Waals surface area contributed by atoms with Crippen molar-refractivity contribution in [2.45, 2.75) is 25.8 Å². The van der Waals surface area contributed by atoms with Gasteiger partial charge in [-0.05, 0) is 50.2 Å². The van der Waals surface area contributed by atoms with Crippen molar-refractivity contribution in [2.75, 3.05) is 13.1 Å². The maximum atomic E-state index is 5.73. The SMILES string of the molecule is Brc1ccc(-c2nnc(CN3CCCCC3)o2)cc1. The standard InChI is InChI=1S/C14H16BrN3O/c15-12-6-4-11(5-7-12)14-17-16-13(19-14)10-18-8-2-1-3-9-18/h4-7H,1-3,8-10H2. The highest BCUT2D eigenvalue weighted by Gasteiger charge is 2.15. The third-order valence-corrected chi connectivity index (χ3v) is 3.89. The van der Waals surface area contributed by atoms with Gasteiger partial charge in [-0.3, -0.25) is 4.90 Å². The highest BCUT2D eigenvalue weighted by Crippen LogP contribution is 2.21. The first kappa shape index (κ1) is 12.8. The molecule has 2 heterocycles. The van der Waals surface area contributed by atoms with Gasteiger partial charge >= 0.3 is 0 Å². The molecule has 0 aliphatic carbocycles. The highest BCUT2D eigenvalue weighted by atomic mass is 79.9. The Morgan fingerprint density at radius 2 is 1.79 bits per heavy atom. The van der Waals surface area contributed by atoms with Gasteiger partial charge < -0.3 is 4.42 Å². The van der Waals surface area contributed by atoms with E-state index in [2.05, 4.69) is 31.0 Å². The number of halogens is 1. The van der Waals surface area contributed by atoms with Crippen molar-refractivity contribution >= 4 is 15.9 Å². The van der Waals surface area contributed by atoms with E-state index >= 15 is 0 Å². The van der Waals surface area contributed by atoms with Crippen LogP contribution in [0.5, 0.6) is 0 Å². The van der Waals surface area contributed by atoms with Gasteiger partial charge in [0.05, 0.1) is 6.54 Å². The van der Waals surface area contributed by atoms with E-state index in [0.29, 0.717) is 11.8 Å². The molecule has 0 spiro atoms. The van der Waals surface area contributed by atoms with Crippen LogP contribution in [0.3, 0.4) is 0 Å². The Morgan fingerprint density at radius 3 is 2.53 bits per heavy atom. The van der Waals surface area contributed by atoms with Crippen LogP contribution in [0.15, 0.2) is 33.2 Å². The van der Waals surface area contributed by atoms with Gasteiger partial charge in [0.2, 0.25) is 11.8 Å². The highest BCUT2D eigenvalue weighted by molar-refractivity contribution is 9.10. The first-order chi connectivity index (χ1) is 9.31. The van der Waals surface area contributed by atoms with Gasteiger partial charge in [0, 0.05) is 10.0 Å². The average molecular weight is 322 g/mol. The fraction of sp³-hybridized carbons (Fsp3) is 0.429. The molecule has 1 aromatic heterocycles. The molecule has 0 saturated carbocycles. The van der Waals surface area contributed by atoms with Crippen molar-refractivity contribution < 1.29 is 4.42 Å². The van der Waals surface area contributed by atoms with Crippen LogP contribution in [0, 0.1) is 0 Å². The zero-order chi connectivity index (χ0) is 13.1. The molecule has 1 aromatic carbocycles. The Bertz CT molecular complexity index is 532. The smallest absolute Gasteiger partial charge is 0.247 e. The Balaban J connectivity index is 1.70. The lowest BCUT2D eigenvalue weighted by atomic mass is 10.1. The number of nitrogens with zero attached hydrogens (tertiary/aromatic N) is 3. The summed E-state index contributed by atoms with van der Waals surface area (Å²) in [7, 11) is 0. The van der Waals surface area contributed by atoms with Crippen molar-refractivity contribution in [1.29, 1.82) is 0 Å². The quantitative estimate of drug-likeness (QED) is 0.867. The summed E-state index contributed by atoms with van der Waals surface area (Å²) >= 11 is 3.42. The summed E-state index contributed by atoms with van der Waals surface area (Å²) in [5, 5.41) is 8.26. The Hall–Kier alpha value is -1.20. The van der Waals surface area contributed by atoms with Crippen LogP contribution in [0.1, 0.15) is 25.2 Å². The number of piperidine rings is 1. The lowest BCUT2D eigenvalue weighted by Crippen LogP contribution is -2.29. The zero-order valence-corrected chi connectivity index (χ0v) is 12.3. The number of hydrogen-bond donors (Lipinski definition) is 0. The lowest BCUT2D eigenvalue weighted by Gasteiger charge is -2.24. The Morgan fingerprint density at radius 1 is 1.05 bits per heavy atom. The summed E-state index contributed by atoms with van der Waals surface area (Å²) in [5.74, 6) is 1.30. The average Bonchev–Trinajstić information content (AvgIpc) is 2.89. The molecule has 1 aliphatic rings. The first-order valence-electron chi connectivity index (χ1n) is 6.62. The predicted octanol–water partition coefficient (Wildman–Crippen LogP) is 3.49. The molecule has 0 N–H and O–H groups in total. The van der Waals surface area contributed by atoms with Crippen LogP contribution in [0.2, 0.25) is 0 Å². The van der Waals surface area contributed by atoms with Gasteiger partial charge in [-0.25, -0.2) is 0 Å². The van der Waals surface area contributed by atoms with Crippen molar-refractivity contribution in [3.63, 3.8) is 0 Å². The maximum absolute atomic E-state index is 5.73. The number of benzene rings is 1. The largest absolute Gasteiger partial charge is 0.419 e. The second kappa shape index (κ2) is 5.84. The van der Waals surface area contributed by atoms with E-state index in [9.17, 15) is 0 Å². The molecular formula is C14H16BrN3O. The summed E-state index contributed by atoms with van der Waals surface area (Å²) < 4.78 is 6.78. The van der Waals surface area contributed by atoms with Crippen LogP contribution in [0.25, 0.3) is 11.5 Å². The lowest BCUT2D eigenvalue weighted by molar-refractivity contribution is 0.202. The molecule has 0 amide bonds. The predicted molar refractivity (Wildman–Crippen MR) is 76.6 cm³/mol. The molecular weight excluding hydrogens is 306 g/mol. The Kier molecular flexibility index (Phi) is 3.94. The minimum atomic E-state index is 0.597. The molecule has 1 aliphatic heterocycles. The number of hydrogen-bond acceptors (Lipinski definition) is 4. The number of likely N-dealkylation sites (tertiary alicyclic amines) is 1. The third-order valence-electron chi connectivity index (χ3n) is 3.37. The zero-order valence-electron chi connectivity index (χ0n) is 10.7. The molecule has 0 radical (unpaired) electrons. The molecule has 0 atom stereocenters. The van der Waals surface area contributed by atoms with Gasteiger partial charge in [-0.2, -0.15) is 0 Å². The fourth-order valence-electron chi connectivity index (χ4n) is 2.34. The third kappa shape index (κ3) is 3.22. The second-order valence-corrected chi connectivity index (χ2v) is 5.76. The molecule has 0 bridgehead atoms. The van der Waals surface area contributed by atoms with Crippen LogP contribution in [0.4, 0.5) is 0 Å². The molecule has 1 fully saturated rings. The topological polar surface area (TPSA) is 42.2 Å². The monoisotopic (exact) mass is 321 g/mol. The molecule has 3 rings (SSSR count). The summed E-state index contributed by atoms with van der Waals surface area (Å²) in [6, 6.07) is 7.90. The van der Waals surface area contributed by atoms with Crippen LogP contribution in [-0.2, 0) is 6.54 Å². The molecule has 5 heteroatoms. The summed E-state index contributed by atoms with van der Waals surface area (Å²) in [6.45, 7) is 3.04. The minimum Gasteiger partial charge on any atom is -0.419 e. The van der Waals surface area contributed by atoms with E-state index in [1.807, 2.05) is 24.3 Å². The summed E-state index contributed by atoms with van der Waals surface area (Å²) in [6.07, 6.45) is 3.88. The maximum Gasteiger partial charge on any atom is 0.247 e. The number of aromatic nitrogens is 2. The van der Waals surface area contributed by atoms with E-state index in [0.717, 1.165) is 29.7 Å². The van der Waals surface area contributed by atoms with Gasteiger partial charge in [0.25, 0.3) is 0 Å². The van der Waals surface area contributed by atoms with E-state index < -0.39 is 0 Å². The molecule has 2 aromatic rings. The first-order valence-corrected chi connectivity index (χ1v) is 7.41. The van der Waals surface area contributed by atoms with E-state index in [1.54, 1.807) is 0 Å². The van der Waals surface area contributed by atoms with Crippen LogP contribution >= 0.6 is 15.9 Å².